The summed E-state index contributed by atoms with van der Waals surface area (Å²) in [5, 5.41) is 3.47. The number of hydrogen-bond donors (Lipinski definition) is 1. The van der Waals surface area contributed by atoms with Gasteiger partial charge in [0.05, 0.1) is 0 Å². The quantitative estimate of drug-likeness (QED) is 0.776. The van der Waals surface area contributed by atoms with E-state index >= 15 is 0 Å². The molecule has 94 valence electrons. The smallest absolute Gasteiger partial charge is 0.251 e. The number of ether oxygens (including phenoxy) is 1. The summed E-state index contributed by atoms with van der Waals surface area (Å²) in [5.41, 5.74) is 0. The molecule has 1 fully saturated rings. The van der Waals surface area contributed by atoms with Gasteiger partial charge in [-0.15, -0.1) is 0 Å². The van der Waals surface area contributed by atoms with Crippen LogP contribution in [0.15, 0.2) is 0 Å². The van der Waals surface area contributed by atoms with Crippen LogP contribution in [0.1, 0.15) is 27.2 Å². The van der Waals surface area contributed by atoms with E-state index in [0.29, 0.717) is 12.0 Å². The van der Waals surface area contributed by atoms with Crippen molar-refractivity contribution in [3.05, 3.63) is 0 Å². The molecule has 0 aliphatic carbocycles. The molecule has 4 heteroatoms. The Morgan fingerprint density at radius 2 is 2.31 bits per heavy atom. The van der Waals surface area contributed by atoms with E-state index in [1.165, 1.54) is 0 Å². The summed E-state index contributed by atoms with van der Waals surface area (Å²) >= 11 is 0. The summed E-state index contributed by atoms with van der Waals surface area (Å²) in [6.45, 7) is 8.81. The summed E-state index contributed by atoms with van der Waals surface area (Å²) in [5.74, 6) is 0.631. The zero-order chi connectivity index (χ0) is 12.1. The minimum Gasteiger partial charge on any atom is -0.372 e. The van der Waals surface area contributed by atoms with Gasteiger partial charge in [-0.1, -0.05) is 13.8 Å². The molecule has 1 aliphatic heterocycles. The maximum atomic E-state index is 11.9. The van der Waals surface area contributed by atoms with Crippen LogP contribution in [0.4, 0.5) is 0 Å². The van der Waals surface area contributed by atoms with Crippen LogP contribution in [-0.4, -0.2) is 49.7 Å². The molecule has 0 aromatic carbocycles. The number of rotatable bonds is 4. The molecule has 0 aromatic heterocycles. The molecule has 3 atom stereocenters. The van der Waals surface area contributed by atoms with Crippen LogP contribution in [-0.2, 0) is 9.53 Å². The highest BCUT2D eigenvalue weighted by atomic mass is 16.5. The van der Waals surface area contributed by atoms with Gasteiger partial charge in [-0.25, -0.2) is 0 Å². The minimum absolute atomic E-state index is 0.115. The highest BCUT2D eigenvalue weighted by molar-refractivity contribution is 5.80. The average Bonchev–Trinajstić information content (AvgIpc) is 2.30. The van der Waals surface area contributed by atoms with Crippen molar-refractivity contribution in [1.82, 2.24) is 10.2 Å². The Balaban J connectivity index is 2.47. The van der Waals surface area contributed by atoms with Crippen LogP contribution >= 0.6 is 0 Å². The van der Waals surface area contributed by atoms with Crippen molar-refractivity contribution in [3.63, 3.8) is 0 Å². The van der Waals surface area contributed by atoms with Gasteiger partial charge in [-0.05, 0) is 25.8 Å². The molecule has 0 spiro atoms. The molecule has 0 saturated carbocycles. The van der Waals surface area contributed by atoms with Gasteiger partial charge in [0, 0.05) is 26.2 Å². The van der Waals surface area contributed by atoms with Crippen LogP contribution in [0, 0.1) is 5.92 Å². The number of methoxy groups -OCH3 is 1. The minimum atomic E-state index is -0.317. The number of likely N-dealkylation sites (tertiary alicyclic amines) is 1. The first-order valence-corrected chi connectivity index (χ1v) is 6.15. The van der Waals surface area contributed by atoms with E-state index in [4.69, 9.17) is 4.74 Å². The van der Waals surface area contributed by atoms with Gasteiger partial charge in [-0.2, -0.15) is 0 Å². The van der Waals surface area contributed by atoms with Gasteiger partial charge in [0.25, 0.3) is 5.91 Å². The summed E-state index contributed by atoms with van der Waals surface area (Å²) < 4.78 is 5.07. The summed E-state index contributed by atoms with van der Waals surface area (Å²) in [6, 6.07) is 0.548. The van der Waals surface area contributed by atoms with Gasteiger partial charge in [0.2, 0.25) is 0 Å². The van der Waals surface area contributed by atoms with Crippen molar-refractivity contribution in [2.24, 2.45) is 5.92 Å². The molecule has 1 rings (SSSR count). The summed E-state index contributed by atoms with van der Waals surface area (Å²) in [6.07, 6.45) is 0.722. The Morgan fingerprint density at radius 3 is 2.81 bits per heavy atom. The van der Waals surface area contributed by atoms with Crippen molar-refractivity contribution < 1.29 is 9.53 Å². The first-order chi connectivity index (χ1) is 7.60. The number of amides is 1. The van der Waals surface area contributed by atoms with E-state index in [2.05, 4.69) is 19.2 Å². The molecule has 0 aromatic rings. The highest BCUT2D eigenvalue weighted by Crippen LogP contribution is 2.17. The fraction of sp³-hybridized carbons (Fsp3) is 0.917. The Morgan fingerprint density at radius 1 is 1.62 bits per heavy atom. The number of piperidine rings is 1. The molecule has 1 saturated heterocycles. The van der Waals surface area contributed by atoms with E-state index in [-0.39, 0.29) is 12.0 Å². The van der Waals surface area contributed by atoms with Gasteiger partial charge in [-0.3, -0.25) is 4.79 Å². The zero-order valence-corrected chi connectivity index (χ0v) is 10.8. The molecule has 3 unspecified atom stereocenters. The lowest BCUT2D eigenvalue weighted by Crippen LogP contribution is -2.52. The first kappa shape index (κ1) is 13.5. The van der Waals surface area contributed by atoms with Crippen LogP contribution in [0.2, 0.25) is 0 Å². The lowest BCUT2D eigenvalue weighted by Gasteiger charge is -2.38. The van der Waals surface area contributed by atoms with Gasteiger partial charge < -0.3 is 15.0 Å². The Hall–Kier alpha value is -0.610. The normalized spacial score (nSPS) is 27.9. The highest BCUT2D eigenvalue weighted by Gasteiger charge is 2.29. The van der Waals surface area contributed by atoms with E-state index in [0.717, 1.165) is 26.1 Å². The molecule has 16 heavy (non-hydrogen) atoms. The molecule has 1 amide bonds. The van der Waals surface area contributed by atoms with E-state index in [1.807, 2.05) is 11.8 Å². The van der Waals surface area contributed by atoms with E-state index < -0.39 is 0 Å². The molecule has 1 N–H and O–H groups in total. The zero-order valence-electron chi connectivity index (χ0n) is 10.8. The Kier molecular flexibility index (Phi) is 5.22. The van der Waals surface area contributed by atoms with Gasteiger partial charge in [0.15, 0.2) is 0 Å². The molecule has 1 aliphatic rings. The van der Waals surface area contributed by atoms with Crippen LogP contribution in [0.5, 0.6) is 0 Å². The van der Waals surface area contributed by atoms with Crippen LogP contribution < -0.4 is 5.32 Å². The van der Waals surface area contributed by atoms with Crippen molar-refractivity contribution in [1.29, 1.82) is 0 Å². The number of hydrogen-bond acceptors (Lipinski definition) is 3. The number of carbonyl (C=O) groups is 1. The van der Waals surface area contributed by atoms with E-state index in [1.54, 1.807) is 7.11 Å². The molecule has 4 nitrogen and oxygen atoms in total. The lowest BCUT2D eigenvalue weighted by atomic mass is 9.93. The second kappa shape index (κ2) is 6.21. The third-order valence-corrected chi connectivity index (χ3v) is 3.38. The van der Waals surface area contributed by atoms with Gasteiger partial charge in [0.1, 0.15) is 6.10 Å². The summed E-state index contributed by atoms with van der Waals surface area (Å²) in [7, 11) is 1.58. The topological polar surface area (TPSA) is 41.6 Å². The first-order valence-electron chi connectivity index (χ1n) is 6.15. The second-order valence-electron chi connectivity index (χ2n) is 4.59. The fourth-order valence-corrected chi connectivity index (χ4v) is 2.27. The van der Waals surface area contributed by atoms with Crippen LogP contribution in [0.25, 0.3) is 0 Å². The largest absolute Gasteiger partial charge is 0.372 e. The van der Waals surface area contributed by atoms with Crippen molar-refractivity contribution in [2.45, 2.75) is 39.3 Å². The monoisotopic (exact) mass is 228 g/mol. The number of carbonyl (C=O) groups excluding carboxylic acids is 1. The number of nitrogens with zero attached hydrogens (tertiary/aromatic N) is 1. The number of nitrogens with one attached hydrogen (secondary N) is 1. The second-order valence-corrected chi connectivity index (χ2v) is 4.59. The molecule has 0 bridgehead atoms. The third-order valence-electron chi connectivity index (χ3n) is 3.38. The van der Waals surface area contributed by atoms with E-state index in [9.17, 15) is 4.79 Å². The molecular weight excluding hydrogens is 204 g/mol. The molecule has 1 heterocycles. The van der Waals surface area contributed by atoms with Crippen molar-refractivity contribution in [2.75, 3.05) is 26.7 Å². The predicted octanol–water partition coefficient (Wildman–Crippen LogP) is 0.868. The fourth-order valence-electron chi connectivity index (χ4n) is 2.27. The Bertz CT molecular complexity index is 233. The lowest BCUT2D eigenvalue weighted by molar-refractivity contribution is -0.143. The maximum absolute atomic E-state index is 11.9. The third kappa shape index (κ3) is 3.19. The summed E-state index contributed by atoms with van der Waals surface area (Å²) in [4.78, 5) is 13.8. The average molecular weight is 228 g/mol. The maximum Gasteiger partial charge on any atom is 0.251 e. The van der Waals surface area contributed by atoms with Gasteiger partial charge >= 0.3 is 0 Å². The predicted molar refractivity (Wildman–Crippen MR) is 64.3 cm³/mol. The SMILES string of the molecule is CCNC1CCN(C(=O)C(C)OC)CC1C. The van der Waals surface area contributed by atoms with Crippen LogP contribution in [0.3, 0.4) is 0 Å². The van der Waals surface area contributed by atoms with Crippen molar-refractivity contribution in [3.8, 4) is 0 Å². The molecular formula is C12H24N2O2. The van der Waals surface area contributed by atoms with Crippen molar-refractivity contribution >= 4 is 5.91 Å². The Labute approximate surface area is 98.3 Å². The molecule has 0 radical (unpaired) electrons. The standard InChI is InChI=1S/C12H24N2O2/c1-5-13-11-6-7-14(8-9(11)2)12(15)10(3)16-4/h9-11,13H,5-8H2,1-4H3.